The summed E-state index contributed by atoms with van der Waals surface area (Å²) in [5.41, 5.74) is 7.30. The normalized spacial score (nSPS) is 14.9. The Labute approximate surface area is 251 Å². The van der Waals surface area contributed by atoms with Crippen LogP contribution in [0.5, 0.6) is 11.5 Å². The number of ether oxygens (including phenoxy) is 1. The topological polar surface area (TPSA) is 185 Å². The minimum Gasteiger partial charge on any atom is -0.507 e. The molecule has 0 aliphatic heterocycles. The number of carbonyl (C=O) groups is 1. The Morgan fingerprint density at radius 1 is 1.00 bits per heavy atom. The van der Waals surface area contributed by atoms with Crippen LogP contribution in [-0.2, 0) is 31.1 Å². The van der Waals surface area contributed by atoms with Gasteiger partial charge in [0.15, 0.2) is 21.5 Å². The van der Waals surface area contributed by atoms with E-state index in [-0.39, 0.29) is 47.6 Å². The zero-order chi connectivity index (χ0) is 31.2. The zero-order valence-corrected chi connectivity index (χ0v) is 25.3. The molecule has 0 heterocycles. The maximum atomic E-state index is 13.0. The number of oxime groups is 1. The minimum absolute atomic E-state index is 0.00524. The first-order valence-corrected chi connectivity index (χ1v) is 17.2. The summed E-state index contributed by atoms with van der Waals surface area (Å²) in [6.07, 6.45) is 6.03. The van der Waals surface area contributed by atoms with Gasteiger partial charge in [-0.2, -0.15) is 0 Å². The van der Waals surface area contributed by atoms with Gasteiger partial charge in [-0.3, -0.25) is 4.79 Å². The van der Waals surface area contributed by atoms with E-state index in [1.165, 1.54) is 12.1 Å². The Bertz CT molecular complexity index is 1730. The summed E-state index contributed by atoms with van der Waals surface area (Å²) < 4.78 is 59.3. The highest BCUT2D eigenvalue weighted by Gasteiger charge is 2.23. The Morgan fingerprint density at radius 3 is 2.42 bits per heavy atom. The number of hydrogen-bond donors (Lipinski definition) is 4. The summed E-state index contributed by atoms with van der Waals surface area (Å²) in [4.78, 5) is 12.6. The van der Waals surface area contributed by atoms with Crippen molar-refractivity contribution in [3.63, 3.8) is 0 Å². The molecule has 13 heteroatoms. The first-order chi connectivity index (χ1) is 20.4. The number of phenolic OH excluding ortho intramolecular Hbond substituents is 1. The standard InChI is InChI=1S/C30H35N3O8S2/c1-42(37,38)28-10-6-5-9-24(28)22-12-11-21(27(17-22)41-19-26(35)20-7-3-2-4-8-20)15-16-32-43(39,40)29-18-23(30(31)33-36)13-14-25(29)34/h5-6,9-14,17-18,20,32,34,36H,2-4,7-8,15-16,19H2,1H3,(H2,31,33). The smallest absolute Gasteiger partial charge is 0.244 e. The summed E-state index contributed by atoms with van der Waals surface area (Å²) in [5, 5.41) is 21.9. The molecule has 43 heavy (non-hydrogen) atoms. The van der Waals surface area contributed by atoms with Crippen molar-refractivity contribution in [2.24, 2.45) is 16.8 Å². The molecule has 3 aromatic carbocycles. The van der Waals surface area contributed by atoms with Gasteiger partial charge in [-0.1, -0.05) is 54.8 Å². The number of nitrogens with two attached hydrogens (primary N) is 1. The first kappa shape index (κ1) is 32.0. The molecule has 0 unspecified atom stereocenters. The monoisotopic (exact) mass is 629 g/mol. The second kappa shape index (κ2) is 13.6. The number of rotatable bonds is 12. The summed E-state index contributed by atoms with van der Waals surface area (Å²) in [7, 11) is -7.74. The van der Waals surface area contributed by atoms with Crippen molar-refractivity contribution in [2.75, 3.05) is 19.4 Å². The van der Waals surface area contributed by atoms with Gasteiger partial charge in [0.25, 0.3) is 0 Å². The SMILES string of the molecule is CS(=O)(=O)c1ccccc1-c1ccc(CCNS(=O)(=O)c2cc(/C(N)=N\O)ccc2O)c(OCC(=O)C2CCCCC2)c1. The molecule has 0 radical (unpaired) electrons. The molecule has 5 N–H and O–H groups in total. The van der Waals surface area contributed by atoms with Gasteiger partial charge in [-0.15, -0.1) is 0 Å². The zero-order valence-electron chi connectivity index (χ0n) is 23.7. The maximum absolute atomic E-state index is 13.0. The molecule has 1 aliphatic carbocycles. The number of benzene rings is 3. The average Bonchev–Trinajstić information content (AvgIpc) is 3.00. The molecular formula is C30H35N3O8S2. The number of nitrogens with one attached hydrogen (secondary N) is 1. The fraction of sp³-hybridized carbons (Fsp3) is 0.333. The summed E-state index contributed by atoms with van der Waals surface area (Å²) >= 11 is 0. The van der Waals surface area contributed by atoms with Crippen LogP contribution in [0.3, 0.4) is 0 Å². The van der Waals surface area contributed by atoms with Gasteiger partial charge >= 0.3 is 0 Å². The van der Waals surface area contributed by atoms with E-state index in [4.69, 9.17) is 15.7 Å². The van der Waals surface area contributed by atoms with Crippen molar-refractivity contribution in [1.29, 1.82) is 0 Å². The van der Waals surface area contributed by atoms with Crippen molar-refractivity contribution >= 4 is 31.5 Å². The lowest BCUT2D eigenvalue weighted by Gasteiger charge is -2.21. The van der Waals surface area contributed by atoms with Crippen molar-refractivity contribution in [2.45, 2.75) is 48.3 Å². The second-order valence-corrected chi connectivity index (χ2v) is 14.2. The van der Waals surface area contributed by atoms with Gasteiger partial charge in [0.05, 0.1) is 4.90 Å². The minimum atomic E-state index is -4.21. The number of phenols is 1. The van der Waals surface area contributed by atoms with Gasteiger partial charge in [0.2, 0.25) is 10.0 Å². The number of aromatic hydroxyl groups is 1. The molecule has 0 amide bonds. The summed E-state index contributed by atoms with van der Waals surface area (Å²) in [5.74, 6) is -0.568. The molecule has 0 spiro atoms. The van der Waals surface area contributed by atoms with E-state index in [0.29, 0.717) is 22.4 Å². The van der Waals surface area contributed by atoms with Gasteiger partial charge in [-0.05, 0) is 60.7 Å². The highest BCUT2D eigenvalue weighted by Crippen LogP contribution is 2.33. The molecule has 4 rings (SSSR count). The predicted octanol–water partition coefficient (Wildman–Crippen LogP) is 3.61. The van der Waals surface area contributed by atoms with E-state index in [2.05, 4.69) is 9.88 Å². The van der Waals surface area contributed by atoms with E-state index in [1.54, 1.807) is 36.4 Å². The van der Waals surface area contributed by atoms with Gasteiger partial charge < -0.3 is 20.8 Å². The molecule has 0 bridgehead atoms. The number of carbonyl (C=O) groups excluding carboxylic acids is 1. The van der Waals surface area contributed by atoms with Gasteiger partial charge in [0.1, 0.15) is 23.0 Å². The quantitative estimate of drug-likeness (QED) is 0.101. The number of hydrogen-bond acceptors (Lipinski definition) is 9. The predicted molar refractivity (Wildman–Crippen MR) is 162 cm³/mol. The van der Waals surface area contributed by atoms with Crippen LogP contribution in [0.4, 0.5) is 0 Å². The molecule has 1 aliphatic rings. The van der Waals surface area contributed by atoms with Crippen LogP contribution < -0.4 is 15.2 Å². The largest absolute Gasteiger partial charge is 0.507 e. The average molecular weight is 630 g/mol. The van der Waals surface area contributed by atoms with Crippen molar-refractivity contribution in [3.8, 4) is 22.6 Å². The Morgan fingerprint density at radius 2 is 1.72 bits per heavy atom. The molecular weight excluding hydrogens is 594 g/mol. The fourth-order valence-corrected chi connectivity index (χ4v) is 7.19. The van der Waals surface area contributed by atoms with Crippen LogP contribution in [0.15, 0.2) is 75.6 Å². The van der Waals surface area contributed by atoms with Crippen LogP contribution in [0.2, 0.25) is 0 Å². The first-order valence-electron chi connectivity index (χ1n) is 13.8. The molecule has 1 saturated carbocycles. The second-order valence-electron chi connectivity index (χ2n) is 10.5. The van der Waals surface area contributed by atoms with E-state index < -0.39 is 30.5 Å². The van der Waals surface area contributed by atoms with E-state index in [1.807, 2.05) is 0 Å². The number of nitrogens with zero attached hydrogens (tertiary/aromatic N) is 1. The number of ketones is 1. The lowest BCUT2D eigenvalue weighted by Crippen LogP contribution is -2.27. The van der Waals surface area contributed by atoms with E-state index >= 15 is 0 Å². The molecule has 230 valence electrons. The molecule has 0 aromatic heterocycles. The third-order valence-electron chi connectivity index (χ3n) is 7.43. The highest BCUT2D eigenvalue weighted by molar-refractivity contribution is 7.91. The number of Topliss-reactive ketones (excluding diaryl/α,β-unsaturated/α-hetero) is 1. The third-order valence-corrected chi connectivity index (χ3v) is 10.1. The Balaban J connectivity index is 1.59. The van der Waals surface area contributed by atoms with Crippen LogP contribution in [-0.4, -0.2) is 58.2 Å². The molecule has 0 saturated heterocycles. The highest BCUT2D eigenvalue weighted by atomic mass is 32.2. The van der Waals surface area contributed by atoms with E-state index in [0.717, 1.165) is 50.5 Å². The number of amidine groups is 1. The molecule has 0 atom stereocenters. The van der Waals surface area contributed by atoms with Crippen LogP contribution in [0.25, 0.3) is 11.1 Å². The third kappa shape index (κ3) is 7.92. The van der Waals surface area contributed by atoms with Gasteiger partial charge in [0, 0.05) is 29.8 Å². The van der Waals surface area contributed by atoms with E-state index in [9.17, 15) is 26.7 Å². The maximum Gasteiger partial charge on any atom is 0.244 e. The lowest BCUT2D eigenvalue weighted by molar-refractivity contribution is -0.125. The van der Waals surface area contributed by atoms with Gasteiger partial charge in [-0.25, -0.2) is 21.6 Å². The Hall–Kier alpha value is -3.94. The van der Waals surface area contributed by atoms with Crippen molar-refractivity contribution < 1.29 is 36.7 Å². The van der Waals surface area contributed by atoms with Crippen molar-refractivity contribution in [1.82, 2.24) is 4.72 Å². The Kier molecular flexibility index (Phi) is 10.1. The van der Waals surface area contributed by atoms with Crippen molar-refractivity contribution in [3.05, 3.63) is 71.8 Å². The lowest BCUT2D eigenvalue weighted by atomic mass is 9.86. The number of sulfone groups is 1. The summed E-state index contributed by atoms with van der Waals surface area (Å²) in [6.45, 7) is -0.253. The van der Waals surface area contributed by atoms with Crippen LogP contribution in [0, 0.1) is 5.92 Å². The summed E-state index contributed by atoms with van der Waals surface area (Å²) in [6, 6.07) is 15.2. The fourth-order valence-electron chi connectivity index (χ4n) is 5.13. The number of sulfonamides is 1. The van der Waals surface area contributed by atoms with Crippen LogP contribution >= 0.6 is 0 Å². The van der Waals surface area contributed by atoms with Crippen LogP contribution in [0.1, 0.15) is 43.2 Å². The molecule has 1 fully saturated rings. The molecule has 3 aromatic rings. The molecule has 11 nitrogen and oxygen atoms in total.